The zero-order valence-corrected chi connectivity index (χ0v) is 14.5. The van der Waals surface area contributed by atoms with Crippen LogP contribution in [0.3, 0.4) is 0 Å². The number of thiophene rings is 1. The number of aliphatic carboxylic acids is 1. The van der Waals surface area contributed by atoms with Gasteiger partial charge in [0.15, 0.2) is 0 Å². The zero-order valence-electron chi connectivity index (χ0n) is 12.2. The van der Waals surface area contributed by atoms with Crippen LogP contribution in [0.1, 0.15) is 18.4 Å². The molecule has 2 aromatic rings. The van der Waals surface area contributed by atoms with E-state index in [2.05, 4.69) is 10.5 Å². The molecule has 3 rings (SSSR count). The molecule has 0 fully saturated rings. The SMILES string of the molecule is O=C(O)CC1CCSc2sccc2/C1=N/Nc1ccc(Cl)cc1. The second-order valence-electron chi connectivity index (χ2n) is 5.17. The van der Waals surface area contributed by atoms with E-state index in [-0.39, 0.29) is 12.3 Å². The van der Waals surface area contributed by atoms with E-state index in [1.165, 1.54) is 4.21 Å². The van der Waals surface area contributed by atoms with Crippen molar-refractivity contribution in [2.75, 3.05) is 11.2 Å². The van der Waals surface area contributed by atoms with E-state index in [9.17, 15) is 9.90 Å². The summed E-state index contributed by atoms with van der Waals surface area (Å²) in [6, 6.07) is 9.29. The molecule has 0 aliphatic carbocycles. The molecule has 2 N–H and O–H groups in total. The van der Waals surface area contributed by atoms with Crippen molar-refractivity contribution in [2.24, 2.45) is 11.0 Å². The number of hydrogen-bond acceptors (Lipinski definition) is 5. The first-order chi connectivity index (χ1) is 11.1. The molecule has 0 bridgehead atoms. The molecule has 2 heterocycles. The van der Waals surface area contributed by atoms with Crippen LogP contribution in [0.4, 0.5) is 5.69 Å². The lowest BCUT2D eigenvalue weighted by Gasteiger charge is -2.15. The molecule has 1 unspecified atom stereocenters. The van der Waals surface area contributed by atoms with Gasteiger partial charge in [-0.05, 0) is 47.9 Å². The van der Waals surface area contributed by atoms with Crippen LogP contribution < -0.4 is 5.43 Å². The van der Waals surface area contributed by atoms with Crippen LogP contribution in [0.25, 0.3) is 0 Å². The Kier molecular flexibility index (Phi) is 5.25. The molecule has 120 valence electrons. The van der Waals surface area contributed by atoms with Gasteiger partial charge < -0.3 is 5.11 Å². The van der Waals surface area contributed by atoms with Crippen LogP contribution in [0, 0.1) is 5.92 Å². The summed E-state index contributed by atoms with van der Waals surface area (Å²) >= 11 is 9.34. The van der Waals surface area contributed by atoms with Crippen molar-refractivity contribution in [3.63, 3.8) is 0 Å². The third-order valence-electron chi connectivity index (χ3n) is 3.56. The molecule has 1 aromatic heterocycles. The van der Waals surface area contributed by atoms with Gasteiger partial charge in [0.05, 0.1) is 22.0 Å². The van der Waals surface area contributed by atoms with Crippen molar-refractivity contribution < 1.29 is 9.90 Å². The summed E-state index contributed by atoms with van der Waals surface area (Å²) in [5.74, 6) is 0.0272. The monoisotopic (exact) mass is 366 g/mol. The van der Waals surface area contributed by atoms with Gasteiger partial charge >= 0.3 is 5.97 Å². The van der Waals surface area contributed by atoms with Gasteiger partial charge in [0.1, 0.15) is 0 Å². The molecule has 0 radical (unpaired) electrons. The summed E-state index contributed by atoms with van der Waals surface area (Å²) in [5.41, 5.74) is 5.73. The smallest absolute Gasteiger partial charge is 0.304 e. The minimum Gasteiger partial charge on any atom is -0.481 e. The lowest BCUT2D eigenvalue weighted by atomic mass is 9.93. The number of fused-ring (bicyclic) bond motifs is 1. The quantitative estimate of drug-likeness (QED) is 0.762. The average Bonchev–Trinajstić information content (AvgIpc) is 2.91. The van der Waals surface area contributed by atoms with E-state index in [1.807, 2.05) is 23.6 Å². The van der Waals surface area contributed by atoms with Crippen LogP contribution in [0.5, 0.6) is 0 Å². The summed E-state index contributed by atoms with van der Waals surface area (Å²) < 4.78 is 1.20. The molecular weight excluding hydrogens is 352 g/mol. The maximum absolute atomic E-state index is 11.2. The largest absolute Gasteiger partial charge is 0.481 e. The molecule has 23 heavy (non-hydrogen) atoms. The average molecular weight is 367 g/mol. The second kappa shape index (κ2) is 7.38. The molecule has 1 atom stereocenters. The Balaban J connectivity index is 1.91. The van der Waals surface area contributed by atoms with Crippen LogP contribution in [-0.2, 0) is 4.79 Å². The van der Waals surface area contributed by atoms with Crippen LogP contribution in [-0.4, -0.2) is 22.5 Å². The lowest BCUT2D eigenvalue weighted by molar-refractivity contribution is -0.137. The second-order valence-corrected chi connectivity index (χ2v) is 7.89. The molecule has 0 spiro atoms. The number of nitrogens with zero attached hydrogens (tertiary/aromatic N) is 1. The fourth-order valence-electron chi connectivity index (χ4n) is 2.46. The van der Waals surface area contributed by atoms with Crippen molar-refractivity contribution in [3.05, 3.63) is 46.3 Å². The summed E-state index contributed by atoms with van der Waals surface area (Å²) in [5, 5.41) is 16.4. The molecule has 0 saturated heterocycles. The number of hydrogen-bond donors (Lipinski definition) is 2. The Morgan fingerprint density at radius 1 is 1.35 bits per heavy atom. The van der Waals surface area contributed by atoms with Crippen molar-refractivity contribution in [2.45, 2.75) is 17.1 Å². The number of halogens is 1. The maximum atomic E-state index is 11.2. The first kappa shape index (κ1) is 16.4. The number of carbonyl (C=O) groups is 1. The predicted octanol–water partition coefficient (Wildman–Crippen LogP) is 4.80. The van der Waals surface area contributed by atoms with Gasteiger partial charge in [-0.1, -0.05) is 11.6 Å². The highest BCUT2D eigenvalue weighted by molar-refractivity contribution is 8.01. The van der Waals surface area contributed by atoms with Crippen molar-refractivity contribution in [3.8, 4) is 0 Å². The fraction of sp³-hybridized carbons (Fsp3) is 0.250. The molecule has 1 aromatic carbocycles. The molecule has 0 amide bonds. The van der Waals surface area contributed by atoms with E-state index >= 15 is 0 Å². The highest BCUT2D eigenvalue weighted by atomic mass is 35.5. The minimum absolute atomic E-state index is 0.0874. The predicted molar refractivity (Wildman–Crippen MR) is 97.0 cm³/mol. The van der Waals surface area contributed by atoms with Crippen LogP contribution >= 0.6 is 34.7 Å². The molecular formula is C16H15ClN2O2S2. The van der Waals surface area contributed by atoms with Gasteiger partial charge in [0.25, 0.3) is 0 Å². The number of hydrazone groups is 1. The highest BCUT2D eigenvalue weighted by Gasteiger charge is 2.27. The number of anilines is 1. The normalized spacial score (nSPS) is 19.2. The standard InChI is InChI=1S/C16H15ClN2O2S2/c17-11-1-3-12(4-2-11)18-19-15-10(9-14(20)21)5-7-22-16-13(15)6-8-23-16/h1-4,6,8,10,18H,5,7,9H2,(H,20,21)/b19-15+. The number of rotatable bonds is 4. The fourth-order valence-corrected chi connectivity index (χ4v) is 4.82. The van der Waals surface area contributed by atoms with E-state index in [1.54, 1.807) is 35.2 Å². The first-order valence-electron chi connectivity index (χ1n) is 7.15. The number of carboxylic acids is 1. The Hall–Kier alpha value is -1.50. The Morgan fingerprint density at radius 3 is 2.87 bits per heavy atom. The molecule has 4 nitrogen and oxygen atoms in total. The van der Waals surface area contributed by atoms with Gasteiger partial charge in [-0.2, -0.15) is 5.10 Å². The number of thioether (sulfide) groups is 1. The molecule has 0 saturated carbocycles. The molecule has 7 heteroatoms. The summed E-state index contributed by atoms with van der Waals surface area (Å²) in [7, 11) is 0. The van der Waals surface area contributed by atoms with E-state index < -0.39 is 5.97 Å². The lowest BCUT2D eigenvalue weighted by Crippen LogP contribution is -2.20. The van der Waals surface area contributed by atoms with E-state index in [0.717, 1.165) is 29.1 Å². The third-order valence-corrected chi connectivity index (χ3v) is 6.08. The highest BCUT2D eigenvalue weighted by Crippen LogP contribution is 2.37. The van der Waals surface area contributed by atoms with Gasteiger partial charge in [0, 0.05) is 16.5 Å². The van der Waals surface area contributed by atoms with E-state index in [0.29, 0.717) is 5.02 Å². The van der Waals surface area contributed by atoms with Crippen molar-refractivity contribution in [1.82, 2.24) is 0 Å². The topological polar surface area (TPSA) is 61.7 Å². The number of nitrogens with one attached hydrogen (secondary N) is 1. The van der Waals surface area contributed by atoms with Gasteiger partial charge in [-0.25, -0.2) is 0 Å². The van der Waals surface area contributed by atoms with Gasteiger partial charge in [-0.3, -0.25) is 10.2 Å². The number of carboxylic acid groups (broad SMARTS) is 1. The summed E-state index contributed by atoms with van der Waals surface area (Å²) in [4.78, 5) is 11.2. The maximum Gasteiger partial charge on any atom is 0.304 e. The van der Waals surface area contributed by atoms with Gasteiger partial charge in [-0.15, -0.1) is 23.1 Å². The van der Waals surface area contributed by atoms with Crippen molar-refractivity contribution >= 4 is 52.1 Å². The molecule has 1 aliphatic heterocycles. The number of benzene rings is 1. The Morgan fingerprint density at radius 2 is 2.13 bits per heavy atom. The minimum atomic E-state index is -0.794. The zero-order chi connectivity index (χ0) is 16.2. The van der Waals surface area contributed by atoms with Crippen LogP contribution in [0.15, 0.2) is 45.0 Å². The van der Waals surface area contributed by atoms with E-state index in [4.69, 9.17) is 11.6 Å². The van der Waals surface area contributed by atoms with Crippen LogP contribution in [0.2, 0.25) is 5.02 Å². The summed E-state index contributed by atoms with van der Waals surface area (Å²) in [6.45, 7) is 0. The van der Waals surface area contributed by atoms with Gasteiger partial charge in [0.2, 0.25) is 0 Å². The Labute approximate surface area is 147 Å². The summed E-state index contributed by atoms with van der Waals surface area (Å²) in [6.07, 6.45) is 0.899. The van der Waals surface area contributed by atoms with Crippen molar-refractivity contribution in [1.29, 1.82) is 0 Å². The Bertz CT molecular complexity index is 728. The third kappa shape index (κ3) is 4.07. The molecule has 1 aliphatic rings. The first-order valence-corrected chi connectivity index (χ1v) is 9.39.